The third kappa shape index (κ3) is 20.7. The zero-order chi connectivity index (χ0) is 82.0. The number of fused-ring (bicyclic) bond motifs is 2. The van der Waals surface area contributed by atoms with Gasteiger partial charge in [-0.15, -0.1) is 63.4 Å². The number of halogens is 7. The number of nitrogens with one attached hydrogen (secondary N) is 1. The van der Waals surface area contributed by atoms with Crippen LogP contribution in [0.15, 0.2) is 151 Å². The Bertz CT molecular complexity index is 6070. The molecule has 11 heterocycles. The van der Waals surface area contributed by atoms with E-state index < -0.39 is 5.97 Å². The molecule has 0 aliphatic rings. The maximum absolute atomic E-state index is 12.5. The summed E-state index contributed by atoms with van der Waals surface area (Å²) >= 11 is 28.8. The summed E-state index contributed by atoms with van der Waals surface area (Å²) < 4.78 is 32.5. The average molecular weight is 1850 g/mol. The molecule has 47 heteroatoms. The van der Waals surface area contributed by atoms with Gasteiger partial charge in [-0.3, -0.25) is 23.6 Å². The molecule has 0 saturated heterocycles. The normalized spacial score (nSPS) is 10.6. The number of carbonyl (C=O) groups excluding carboxylic acids is 1. The highest BCUT2D eigenvalue weighted by Crippen LogP contribution is 2.41. The highest BCUT2D eigenvalue weighted by molar-refractivity contribution is 14.1. The number of aromatic carboxylic acids is 1. The number of carbonyl (C=O) groups is 2. The van der Waals surface area contributed by atoms with Crippen LogP contribution in [0, 0.1) is 3.70 Å². The SMILES string of the molecule is COc1c(-c2nnn(C)n2)cccc1-c1nc(I)c2cnc(Cl)cn12.COc1c(-c2nnn(C)n2)cccc1-c1ncc2cnc(Cl)cn12.COc1c(Br)cccc1-c1nnn(C)n1.COc1c(C(=O)NCc2cnc(Cl)cn2)cccc1-c1nnn(C)n1.COc1c(C(=O)O)cccc1-c1nnn(C)n1.Cl.NCc1cnc(Cl)cn1. The number of hydrogen-bond acceptors (Lipinski definition) is 31. The number of hydrogen-bond donors (Lipinski definition) is 3. The smallest absolute Gasteiger partial charge is 0.339 e. The van der Waals surface area contributed by atoms with Crippen molar-refractivity contribution in [3.8, 4) is 108 Å². The Balaban J connectivity index is 0.000000150. The van der Waals surface area contributed by atoms with Crippen molar-refractivity contribution < 1.29 is 38.4 Å². The van der Waals surface area contributed by atoms with Gasteiger partial charge in [0.05, 0.1) is 192 Å². The lowest BCUT2D eigenvalue weighted by atomic mass is 10.1. The summed E-state index contributed by atoms with van der Waals surface area (Å²) in [6, 6.07) is 27.0. The van der Waals surface area contributed by atoms with Crippen LogP contribution in [-0.4, -0.2) is 202 Å². The van der Waals surface area contributed by atoms with Crippen LogP contribution in [0.25, 0.3) is 90.7 Å². The van der Waals surface area contributed by atoms with Gasteiger partial charge < -0.3 is 39.8 Å². The minimum absolute atomic E-state index is 0. The van der Waals surface area contributed by atoms with Gasteiger partial charge in [-0.05, 0) is 125 Å². The van der Waals surface area contributed by atoms with Crippen LogP contribution in [-0.2, 0) is 48.3 Å². The monoisotopic (exact) mass is 1850 g/mol. The molecule has 5 aromatic carbocycles. The predicted octanol–water partition coefficient (Wildman–Crippen LogP) is 9.60. The van der Waals surface area contributed by atoms with E-state index in [2.05, 4.69) is 161 Å². The Morgan fingerprint density at radius 2 is 0.819 bits per heavy atom. The zero-order valence-electron chi connectivity index (χ0n) is 62.2. The summed E-state index contributed by atoms with van der Waals surface area (Å²) in [5, 5.41) is 72.9. The van der Waals surface area contributed by atoms with Crippen molar-refractivity contribution >= 4 is 120 Å². The first-order valence-corrected chi connectivity index (χ1v) is 36.5. The number of tetrazole rings is 5. The van der Waals surface area contributed by atoms with Crippen LogP contribution >= 0.6 is 97.3 Å². The number of carboxylic acids is 1. The number of carboxylic acid groups (broad SMARTS) is 1. The molecular formula is C69H63BrCl5IN32O8. The first-order chi connectivity index (χ1) is 55.5. The predicted molar refractivity (Wildman–Crippen MR) is 436 cm³/mol. The number of ether oxygens (including phenoxy) is 5. The van der Waals surface area contributed by atoms with Crippen molar-refractivity contribution in [1.29, 1.82) is 0 Å². The molecule has 0 saturated carbocycles. The van der Waals surface area contributed by atoms with Crippen LogP contribution in [0.2, 0.25) is 20.6 Å². The van der Waals surface area contributed by atoms with Crippen molar-refractivity contribution in [3.05, 3.63) is 198 Å². The Labute approximate surface area is 704 Å². The minimum atomic E-state index is -1.06. The Kier molecular flexibility index (Phi) is 29.5. The molecule has 0 aliphatic heterocycles. The van der Waals surface area contributed by atoms with E-state index in [0.29, 0.717) is 113 Å². The standard InChI is InChI=1S/C15H11ClIN7O.C15H14ClN7O2.C15H12ClN7O.C10H10N4O3.C9H9BrN4O.C5H6ClN3.ClH/c1-23-21-14(20-22-23)8-4-3-5-9(12(8)25-2)15-19-13(17)10-6-18-11(16)7-24(10)15;1-23-21-14(20-22-23)10-4-3-5-11(13(10)25-2)15(24)19-7-9-6-18-12(16)8-17-9;1-22-20-14(19-21-22)10-4-3-5-11(13(10)24-2)15-18-7-9-6-17-12(16)8-23(9)15;1-14-12-9(11-13-14)6-4-3-5-7(10(15)16)8(6)17-2;1-14-12-9(11-13-14)6-4-3-5-7(10)8(6)15-2;6-5-3-8-4(1-7)2-9-5;/h3-7H,1-2H3;3-6,8H,7H2,1-2H3,(H,19,24);3-8H,1-2H3;3-5H,1-2H3,(H,15,16);3-5H,1-2H3;2-3H,1,7H2;1H. The fourth-order valence-electron chi connectivity index (χ4n) is 10.6. The van der Waals surface area contributed by atoms with Gasteiger partial charge in [0.15, 0.2) is 0 Å². The van der Waals surface area contributed by atoms with E-state index in [9.17, 15) is 9.59 Å². The lowest BCUT2D eigenvalue weighted by Gasteiger charge is -2.11. The van der Waals surface area contributed by atoms with Crippen LogP contribution in [0.4, 0.5) is 0 Å². The molecule has 16 rings (SSSR count). The van der Waals surface area contributed by atoms with Gasteiger partial charge in [0.1, 0.15) is 70.3 Å². The van der Waals surface area contributed by atoms with E-state index in [1.807, 2.05) is 63.4 Å². The first kappa shape index (κ1) is 85.8. The number of imidazole rings is 2. The van der Waals surface area contributed by atoms with E-state index in [-0.39, 0.29) is 36.2 Å². The lowest BCUT2D eigenvalue weighted by Crippen LogP contribution is -2.24. The maximum Gasteiger partial charge on any atom is 0.339 e. The fourth-order valence-corrected chi connectivity index (χ4v) is 12.3. The fraction of sp³-hybridized carbons (Fsp3) is 0.174. The highest BCUT2D eigenvalue weighted by atomic mass is 127. The Hall–Kier alpha value is -12.6. The third-order valence-corrected chi connectivity index (χ3v) is 17.8. The van der Waals surface area contributed by atoms with Crippen LogP contribution < -0.4 is 34.7 Å². The summed E-state index contributed by atoms with van der Waals surface area (Å²) in [7, 11) is 16.1. The van der Waals surface area contributed by atoms with E-state index in [4.69, 9.17) is 80.9 Å². The average Bonchev–Trinajstić information content (AvgIpc) is 1.62. The van der Waals surface area contributed by atoms with E-state index >= 15 is 0 Å². The molecule has 1 amide bonds. The summed E-state index contributed by atoms with van der Waals surface area (Å²) in [6.45, 7) is 0.615. The number of amides is 1. The van der Waals surface area contributed by atoms with E-state index in [1.54, 1.807) is 124 Å². The largest absolute Gasteiger partial charge is 0.495 e. The molecular weight excluding hydrogens is 1790 g/mol. The number of benzene rings is 5. The second-order valence-electron chi connectivity index (χ2n) is 23.0. The number of nitrogens with zero attached hydrogens (tertiary/aromatic N) is 30. The minimum Gasteiger partial charge on any atom is -0.495 e. The molecule has 16 aromatic rings. The van der Waals surface area contributed by atoms with Crippen molar-refractivity contribution in [2.75, 3.05) is 35.5 Å². The molecule has 0 radical (unpaired) electrons. The first-order valence-electron chi connectivity index (χ1n) is 33.1. The molecule has 0 fully saturated rings. The highest BCUT2D eigenvalue weighted by Gasteiger charge is 2.25. The van der Waals surface area contributed by atoms with E-state index in [0.717, 1.165) is 52.7 Å². The molecule has 40 nitrogen and oxygen atoms in total. The molecule has 0 bridgehead atoms. The third-order valence-electron chi connectivity index (χ3n) is 15.6. The number of rotatable bonds is 17. The molecule has 0 atom stereocenters. The summed E-state index contributed by atoms with van der Waals surface area (Å²) in [5.41, 5.74) is 13.7. The lowest BCUT2D eigenvalue weighted by molar-refractivity contribution is 0.0693. The van der Waals surface area contributed by atoms with Crippen LogP contribution in [0.5, 0.6) is 28.7 Å². The molecule has 596 valence electrons. The van der Waals surface area contributed by atoms with Gasteiger partial charge in [0, 0.05) is 18.9 Å². The zero-order valence-corrected chi connectivity index (χ0v) is 69.8. The number of nitrogens with two attached hydrogens (primary N) is 1. The summed E-state index contributed by atoms with van der Waals surface area (Å²) in [5.74, 6) is 4.77. The van der Waals surface area contributed by atoms with Gasteiger partial charge in [-0.2, -0.15) is 24.0 Å². The molecule has 0 unspecified atom stereocenters. The topological polar surface area (TPSA) is 469 Å². The van der Waals surface area contributed by atoms with Gasteiger partial charge in [0.25, 0.3) is 5.91 Å². The number of aryl methyl sites for hydroxylation is 5. The van der Waals surface area contributed by atoms with Crippen molar-refractivity contribution in [1.82, 2.24) is 155 Å². The van der Waals surface area contributed by atoms with Crippen molar-refractivity contribution in [3.63, 3.8) is 0 Å². The van der Waals surface area contributed by atoms with Gasteiger partial charge in [-0.25, -0.2) is 34.7 Å². The number of para-hydroxylation sites is 5. The van der Waals surface area contributed by atoms with Gasteiger partial charge >= 0.3 is 5.97 Å². The molecule has 0 spiro atoms. The second kappa shape index (κ2) is 39.9. The second-order valence-corrected chi connectivity index (χ2v) is 26.4. The van der Waals surface area contributed by atoms with Gasteiger partial charge in [0.2, 0.25) is 29.1 Å². The van der Waals surface area contributed by atoms with E-state index in [1.165, 1.54) is 62.9 Å². The van der Waals surface area contributed by atoms with Crippen LogP contribution in [0.3, 0.4) is 0 Å². The van der Waals surface area contributed by atoms with Crippen molar-refractivity contribution in [2.45, 2.75) is 13.1 Å². The number of aromatic nitrogens is 30. The maximum atomic E-state index is 12.5. The van der Waals surface area contributed by atoms with Crippen molar-refractivity contribution in [2.24, 2.45) is 41.0 Å². The molecule has 4 N–H and O–H groups in total. The van der Waals surface area contributed by atoms with Gasteiger partial charge in [-0.1, -0.05) is 76.7 Å². The molecule has 116 heavy (non-hydrogen) atoms. The summed E-state index contributed by atoms with van der Waals surface area (Å²) in [6.07, 6.45) is 14.5. The quantitative estimate of drug-likeness (QED) is 0.0714. The molecule has 0 aliphatic carbocycles. The Morgan fingerprint density at radius 1 is 0.448 bits per heavy atom. The molecule has 11 aromatic heterocycles. The number of methoxy groups -OCH3 is 5. The van der Waals surface area contributed by atoms with Crippen LogP contribution in [0.1, 0.15) is 32.1 Å². The summed E-state index contributed by atoms with van der Waals surface area (Å²) in [4.78, 5) is 63.4. The Morgan fingerprint density at radius 3 is 1.24 bits per heavy atom.